The molecular formula is C32H29Cl2NO5S. The molecule has 4 rings (SSSR count). The second-order valence-electron chi connectivity index (χ2n) is 9.09. The molecule has 212 valence electrons. The lowest BCUT2D eigenvalue weighted by molar-refractivity contribution is -0.111. The van der Waals surface area contributed by atoms with Crippen LogP contribution in [0, 0.1) is 13.8 Å². The summed E-state index contributed by atoms with van der Waals surface area (Å²) in [6.45, 7) is 6.19. The first-order chi connectivity index (χ1) is 19.7. The van der Waals surface area contributed by atoms with E-state index in [1.54, 1.807) is 49.4 Å². The first kappa shape index (κ1) is 30.2. The van der Waals surface area contributed by atoms with Crippen LogP contribution in [0.3, 0.4) is 0 Å². The summed E-state index contributed by atoms with van der Waals surface area (Å²) in [5.74, 6) is 0.106. The second-order valence-corrected chi connectivity index (χ2v) is 10.8. The van der Waals surface area contributed by atoms with Crippen LogP contribution in [0.4, 0.5) is 5.00 Å². The van der Waals surface area contributed by atoms with E-state index < -0.39 is 11.9 Å². The van der Waals surface area contributed by atoms with Gasteiger partial charge in [-0.15, -0.1) is 11.3 Å². The summed E-state index contributed by atoms with van der Waals surface area (Å²) < 4.78 is 16.7. The van der Waals surface area contributed by atoms with Gasteiger partial charge in [-0.25, -0.2) is 4.79 Å². The minimum atomic E-state index is -0.486. The molecule has 1 N–H and O–H groups in total. The molecule has 0 aliphatic heterocycles. The predicted molar refractivity (Wildman–Crippen MR) is 167 cm³/mol. The van der Waals surface area contributed by atoms with Gasteiger partial charge in [-0.3, -0.25) is 4.79 Å². The van der Waals surface area contributed by atoms with Crippen molar-refractivity contribution in [2.75, 3.05) is 19.0 Å². The summed E-state index contributed by atoms with van der Waals surface area (Å²) in [5, 5.41) is 6.14. The van der Waals surface area contributed by atoms with E-state index >= 15 is 0 Å². The van der Waals surface area contributed by atoms with Crippen molar-refractivity contribution in [3.63, 3.8) is 0 Å². The number of carbonyl (C=O) groups is 2. The molecule has 4 aromatic rings. The molecule has 1 heterocycles. The molecule has 0 atom stereocenters. The molecule has 0 unspecified atom stereocenters. The lowest BCUT2D eigenvalue weighted by Gasteiger charge is -2.13. The molecule has 0 fully saturated rings. The zero-order chi connectivity index (χ0) is 29.5. The number of rotatable bonds is 10. The Morgan fingerprint density at radius 3 is 2.41 bits per heavy atom. The predicted octanol–water partition coefficient (Wildman–Crippen LogP) is 8.75. The van der Waals surface area contributed by atoms with Crippen molar-refractivity contribution in [2.24, 2.45) is 0 Å². The van der Waals surface area contributed by atoms with Crippen molar-refractivity contribution in [2.45, 2.75) is 27.4 Å². The third-order valence-electron chi connectivity index (χ3n) is 6.37. The van der Waals surface area contributed by atoms with Gasteiger partial charge in [0.2, 0.25) is 5.91 Å². The molecule has 0 aliphatic rings. The minimum absolute atomic E-state index is 0.167. The highest BCUT2D eigenvalue weighted by molar-refractivity contribution is 7.15. The van der Waals surface area contributed by atoms with Crippen molar-refractivity contribution in [1.29, 1.82) is 0 Å². The zero-order valence-electron chi connectivity index (χ0n) is 23.0. The summed E-state index contributed by atoms with van der Waals surface area (Å²) >= 11 is 13.8. The van der Waals surface area contributed by atoms with Gasteiger partial charge in [-0.05, 0) is 73.4 Å². The lowest BCUT2D eigenvalue weighted by Crippen LogP contribution is -2.12. The highest BCUT2D eigenvalue weighted by Gasteiger charge is 2.22. The molecule has 0 bridgehead atoms. The van der Waals surface area contributed by atoms with Gasteiger partial charge in [0, 0.05) is 32.6 Å². The van der Waals surface area contributed by atoms with Gasteiger partial charge in [0.1, 0.15) is 17.2 Å². The number of nitrogens with one attached hydrogen (secondary N) is 1. The summed E-state index contributed by atoms with van der Waals surface area (Å²) in [6, 6.07) is 16.5. The fourth-order valence-electron chi connectivity index (χ4n) is 4.03. The first-order valence-corrected chi connectivity index (χ1v) is 14.4. The smallest absolute Gasteiger partial charge is 0.341 e. The Morgan fingerprint density at radius 1 is 0.976 bits per heavy atom. The van der Waals surface area contributed by atoms with Crippen LogP contribution < -0.4 is 14.8 Å². The van der Waals surface area contributed by atoms with Crippen molar-refractivity contribution < 1.29 is 23.8 Å². The number of hydrogen-bond acceptors (Lipinski definition) is 6. The summed E-state index contributed by atoms with van der Waals surface area (Å²) in [4.78, 5) is 25.8. The highest BCUT2D eigenvalue weighted by Crippen LogP contribution is 2.37. The maximum atomic E-state index is 12.9. The van der Waals surface area contributed by atoms with E-state index in [1.807, 2.05) is 37.4 Å². The van der Waals surface area contributed by atoms with E-state index in [2.05, 4.69) is 5.32 Å². The normalized spacial score (nSPS) is 11.0. The number of methoxy groups -OCH3 is 1. The Balaban J connectivity index is 1.50. The molecule has 1 amide bonds. The monoisotopic (exact) mass is 609 g/mol. The largest absolute Gasteiger partial charge is 0.493 e. The standard InChI is InChI=1S/C32H29Cl2NO5S/c1-5-39-32(37)30-24(22-12-9-19(2)20(3)15-22)18-41-31(30)35-29(36)14-11-21-10-13-27(28(16-21)38-4)40-17-23-25(33)7-6-8-26(23)34/h6-16,18H,5,17H2,1-4H3,(H,35,36)/b14-11+. The summed E-state index contributed by atoms with van der Waals surface area (Å²) in [5.41, 5.74) is 5.59. The van der Waals surface area contributed by atoms with E-state index in [0.29, 0.717) is 48.8 Å². The van der Waals surface area contributed by atoms with Crippen LogP contribution in [-0.2, 0) is 16.1 Å². The molecule has 3 aromatic carbocycles. The Kier molecular flexibility index (Phi) is 10.1. The Bertz CT molecular complexity index is 1590. The maximum Gasteiger partial charge on any atom is 0.341 e. The van der Waals surface area contributed by atoms with Gasteiger partial charge in [-0.2, -0.15) is 0 Å². The van der Waals surface area contributed by atoms with E-state index in [1.165, 1.54) is 24.5 Å². The molecule has 0 saturated heterocycles. The fourth-order valence-corrected chi connectivity index (χ4v) is 5.50. The molecule has 0 aliphatic carbocycles. The van der Waals surface area contributed by atoms with E-state index in [9.17, 15) is 9.59 Å². The number of hydrogen-bond donors (Lipinski definition) is 1. The second kappa shape index (κ2) is 13.7. The SMILES string of the molecule is CCOC(=O)c1c(-c2ccc(C)c(C)c2)csc1NC(=O)/C=C/c1ccc(OCc2c(Cl)cccc2Cl)c(OC)c1. The maximum absolute atomic E-state index is 12.9. The minimum Gasteiger partial charge on any atom is -0.493 e. The number of aryl methyl sites for hydroxylation is 2. The number of ether oxygens (including phenoxy) is 3. The lowest BCUT2D eigenvalue weighted by atomic mass is 9.99. The van der Waals surface area contributed by atoms with Crippen LogP contribution in [0.2, 0.25) is 10.0 Å². The number of amides is 1. The number of halogens is 2. The van der Waals surface area contributed by atoms with Crippen molar-refractivity contribution in [3.05, 3.63) is 104 Å². The van der Waals surface area contributed by atoms with Crippen molar-refractivity contribution in [1.82, 2.24) is 0 Å². The van der Waals surface area contributed by atoms with Crippen LogP contribution in [0.5, 0.6) is 11.5 Å². The third kappa shape index (κ3) is 7.30. The van der Waals surface area contributed by atoms with Crippen LogP contribution >= 0.6 is 34.5 Å². The number of esters is 1. The Hall–Kier alpha value is -3.78. The third-order valence-corrected chi connectivity index (χ3v) is 7.98. The Labute approximate surface area is 253 Å². The van der Waals surface area contributed by atoms with Crippen LogP contribution in [-0.4, -0.2) is 25.6 Å². The quantitative estimate of drug-likeness (QED) is 0.144. The molecule has 0 radical (unpaired) electrons. The van der Waals surface area contributed by atoms with Crippen LogP contribution in [0.1, 0.15) is 39.5 Å². The van der Waals surface area contributed by atoms with Gasteiger partial charge >= 0.3 is 5.97 Å². The average molecular weight is 611 g/mol. The zero-order valence-corrected chi connectivity index (χ0v) is 25.4. The van der Waals surface area contributed by atoms with Crippen LogP contribution in [0.15, 0.2) is 66.1 Å². The van der Waals surface area contributed by atoms with Gasteiger partial charge in [0.15, 0.2) is 11.5 Å². The topological polar surface area (TPSA) is 73.9 Å². The number of carbonyl (C=O) groups excluding carboxylic acids is 2. The molecule has 1 aromatic heterocycles. The van der Waals surface area contributed by atoms with Crippen molar-refractivity contribution >= 4 is 57.5 Å². The molecule has 41 heavy (non-hydrogen) atoms. The average Bonchev–Trinajstić information content (AvgIpc) is 3.37. The van der Waals surface area contributed by atoms with E-state index in [4.69, 9.17) is 37.4 Å². The molecule has 6 nitrogen and oxygen atoms in total. The van der Waals surface area contributed by atoms with Crippen molar-refractivity contribution in [3.8, 4) is 22.6 Å². The molecule has 9 heteroatoms. The van der Waals surface area contributed by atoms with Gasteiger partial charge in [0.05, 0.1) is 13.7 Å². The summed E-state index contributed by atoms with van der Waals surface area (Å²) in [6.07, 6.45) is 3.04. The number of benzene rings is 3. The molecule has 0 spiro atoms. The highest BCUT2D eigenvalue weighted by atomic mass is 35.5. The summed E-state index contributed by atoms with van der Waals surface area (Å²) in [7, 11) is 1.53. The Morgan fingerprint density at radius 2 is 1.73 bits per heavy atom. The van der Waals surface area contributed by atoms with Gasteiger partial charge in [0.25, 0.3) is 0 Å². The van der Waals surface area contributed by atoms with Crippen LogP contribution in [0.25, 0.3) is 17.2 Å². The number of anilines is 1. The molecule has 0 saturated carbocycles. The van der Waals surface area contributed by atoms with Gasteiger partial charge in [-0.1, -0.05) is 53.5 Å². The number of thiophene rings is 1. The fraction of sp³-hybridized carbons (Fsp3) is 0.188. The van der Waals surface area contributed by atoms with Gasteiger partial charge < -0.3 is 19.5 Å². The molecular weight excluding hydrogens is 581 g/mol. The van der Waals surface area contributed by atoms with E-state index in [-0.39, 0.29) is 13.2 Å². The first-order valence-electron chi connectivity index (χ1n) is 12.8. The van der Waals surface area contributed by atoms with E-state index in [0.717, 1.165) is 16.7 Å².